The fourth-order valence-electron chi connectivity index (χ4n) is 3.16. The zero-order valence-corrected chi connectivity index (χ0v) is 17.5. The van der Waals surface area contributed by atoms with Gasteiger partial charge in [0, 0.05) is 25.7 Å². The van der Waals surface area contributed by atoms with Crippen LogP contribution in [0.4, 0.5) is 0 Å². The molecule has 1 fully saturated rings. The largest absolute Gasteiger partial charge is 0.491 e. The van der Waals surface area contributed by atoms with E-state index in [1.165, 1.54) is 18.2 Å². The highest BCUT2D eigenvalue weighted by molar-refractivity contribution is 7.89. The molecule has 152 valence electrons. The van der Waals surface area contributed by atoms with E-state index in [1.54, 1.807) is 0 Å². The maximum Gasteiger partial charge on any atom is 0.240 e. The molecule has 1 heterocycles. The molecule has 0 radical (unpaired) electrons. The Labute approximate surface area is 175 Å². The van der Waals surface area contributed by atoms with Crippen molar-refractivity contribution in [3.63, 3.8) is 0 Å². The van der Waals surface area contributed by atoms with Crippen LogP contribution in [-0.2, 0) is 16.6 Å². The summed E-state index contributed by atoms with van der Waals surface area (Å²) in [6.45, 7) is 2.32. The molecule has 6 nitrogen and oxygen atoms in total. The molecule has 3 rings (SSSR count). The molecule has 2 N–H and O–H groups in total. The minimum absolute atomic E-state index is 0.0307. The molecular formula is C19H22Cl2N2O4S. The molecule has 0 unspecified atom stereocenters. The van der Waals surface area contributed by atoms with Crippen LogP contribution in [0.2, 0.25) is 10.0 Å². The van der Waals surface area contributed by atoms with Crippen molar-refractivity contribution in [3.05, 3.63) is 58.1 Å². The summed E-state index contributed by atoms with van der Waals surface area (Å²) < 4.78 is 33.4. The number of nitrogens with one attached hydrogen (secondary N) is 1. The quantitative estimate of drug-likeness (QED) is 0.654. The molecule has 1 aliphatic heterocycles. The van der Waals surface area contributed by atoms with Crippen LogP contribution in [0.25, 0.3) is 0 Å². The minimum atomic E-state index is -3.66. The predicted molar refractivity (Wildman–Crippen MR) is 109 cm³/mol. The third-order valence-electron chi connectivity index (χ3n) is 4.46. The summed E-state index contributed by atoms with van der Waals surface area (Å²) in [6.07, 6.45) is 0.723. The minimum Gasteiger partial charge on any atom is -0.491 e. The van der Waals surface area contributed by atoms with Gasteiger partial charge in [0.2, 0.25) is 10.0 Å². The molecule has 1 aliphatic rings. The average molecular weight is 445 g/mol. The summed E-state index contributed by atoms with van der Waals surface area (Å²) >= 11 is 11.8. The second-order valence-corrected chi connectivity index (χ2v) is 9.17. The van der Waals surface area contributed by atoms with Gasteiger partial charge in [-0.25, -0.2) is 13.1 Å². The molecule has 9 heteroatoms. The number of aliphatic hydroxyl groups excluding tert-OH is 1. The number of halogens is 2. The van der Waals surface area contributed by atoms with Gasteiger partial charge >= 0.3 is 0 Å². The van der Waals surface area contributed by atoms with Gasteiger partial charge in [0.25, 0.3) is 0 Å². The summed E-state index contributed by atoms with van der Waals surface area (Å²) in [5, 5.41) is 9.38. The van der Waals surface area contributed by atoms with Gasteiger partial charge in [-0.05, 0) is 42.3 Å². The van der Waals surface area contributed by atoms with E-state index in [4.69, 9.17) is 33.0 Å². The second kappa shape index (κ2) is 9.43. The molecule has 2 aromatic rings. The zero-order chi connectivity index (χ0) is 20.1. The van der Waals surface area contributed by atoms with Crippen LogP contribution in [0.5, 0.6) is 5.75 Å². The van der Waals surface area contributed by atoms with Crippen LogP contribution in [0.1, 0.15) is 12.0 Å². The van der Waals surface area contributed by atoms with Crippen molar-refractivity contribution >= 4 is 33.2 Å². The predicted octanol–water partition coefficient (Wildman–Crippen LogP) is 2.92. The van der Waals surface area contributed by atoms with Gasteiger partial charge in [-0.3, -0.25) is 4.90 Å². The standard InChI is InChI=1S/C19H22Cl2N2O4S/c20-18-5-4-17(11-19(18)21)28(25,26)22-15-6-7-23(13-15)12-14-2-1-3-16(10-14)27-9-8-24/h1-5,10-11,15,22,24H,6-9,12-13H2/t15-/m1/s1. The lowest BCUT2D eigenvalue weighted by Crippen LogP contribution is -2.36. The highest BCUT2D eigenvalue weighted by atomic mass is 35.5. The average Bonchev–Trinajstić information content (AvgIpc) is 3.08. The Morgan fingerprint density at radius 3 is 2.75 bits per heavy atom. The molecule has 0 saturated carbocycles. The van der Waals surface area contributed by atoms with E-state index < -0.39 is 10.0 Å². The maximum atomic E-state index is 12.6. The van der Waals surface area contributed by atoms with E-state index in [2.05, 4.69) is 9.62 Å². The van der Waals surface area contributed by atoms with Crippen molar-refractivity contribution in [3.8, 4) is 5.75 Å². The normalized spacial score (nSPS) is 17.8. The number of rotatable bonds is 8. The van der Waals surface area contributed by atoms with Gasteiger partial charge in [-0.15, -0.1) is 0 Å². The van der Waals surface area contributed by atoms with Gasteiger partial charge in [0.15, 0.2) is 0 Å². The van der Waals surface area contributed by atoms with Crippen molar-refractivity contribution in [1.29, 1.82) is 0 Å². The molecule has 0 aromatic heterocycles. The van der Waals surface area contributed by atoms with Crippen molar-refractivity contribution < 1.29 is 18.3 Å². The van der Waals surface area contributed by atoms with E-state index in [0.29, 0.717) is 23.9 Å². The van der Waals surface area contributed by atoms with Gasteiger partial charge in [0.1, 0.15) is 12.4 Å². The van der Waals surface area contributed by atoms with Crippen molar-refractivity contribution in [2.75, 3.05) is 26.3 Å². The van der Waals surface area contributed by atoms with Crippen LogP contribution in [0, 0.1) is 0 Å². The monoisotopic (exact) mass is 444 g/mol. The second-order valence-electron chi connectivity index (χ2n) is 6.64. The Hall–Kier alpha value is -1.35. The Bertz CT molecular complexity index is 924. The lowest BCUT2D eigenvalue weighted by atomic mass is 10.2. The topological polar surface area (TPSA) is 78.9 Å². The van der Waals surface area contributed by atoms with Gasteiger partial charge in [0.05, 0.1) is 21.5 Å². The summed E-state index contributed by atoms with van der Waals surface area (Å²) in [5.74, 6) is 0.711. The van der Waals surface area contributed by atoms with E-state index in [9.17, 15) is 8.42 Å². The Kier molecular flexibility index (Phi) is 7.20. The van der Waals surface area contributed by atoms with Gasteiger partial charge < -0.3 is 9.84 Å². The van der Waals surface area contributed by atoms with E-state index in [1.807, 2.05) is 24.3 Å². The third-order valence-corrected chi connectivity index (χ3v) is 6.72. The molecule has 1 saturated heterocycles. The van der Waals surface area contributed by atoms with Crippen molar-refractivity contribution in [2.24, 2.45) is 0 Å². The van der Waals surface area contributed by atoms with Crippen molar-refractivity contribution in [2.45, 2.75) is 23.9 Å². The number of likely N-dealkylation sites (tertiary alicyclic amines) is 1. The van der Waals surface area contributed by atoms with Gasteiger partial charge in [-0.1, -0.05) is 35.3 Å². The third kappa shape index (κ3) is 5.59. The number of hydrogen-bond acceptors (Lipinski definition) is 5. The molecule has 0 amide bonds. The molecule has 2 aromatic carbocycles. The molecule has 1 atom stereocenters. The van der Waals surface area contributed by atoms with Crippen LogP contribution >= 0.6 is 23.2 Å². The highest BCUT2D eigenvalue weighted by Gasteiger charge is 2.27. The first-order valence-electron chi connectivity index (χ1n) is 8.90. The lowest BCUT2D eigenvalue weighted by Gasteiger charge is -2.17. The number of sulfonamides is 1. The number of nitrogens with zero attached hydrogens (tertiary/aromatic N) is 1. The summed E-state index contributed by atoms with van der Waals surface area (Å²) in [6, 6.07) is 11.8. The Morgan fingerprint density at radius 2 is 2.00 bits per heavy atom. The maximum absolute atomic E-state index is 12.6. The van der Waals surface area contributed by atoms with Gasteiger partial charge in [-0.2, -0.15) is 0 Å². The van der Waals surface area contributed by atoms with E-state index >= 15 is 0 Å². The number of benzene rings is 2. The Balaban J connectivity index is 1.58. The lowest BCUT2D eigenvalue weighted by molar-refractivity contribution is 0.201. The van der Waals surface area contributed by atoms with E-state index in [-0.39, 0.29) is 29.2 Å². The SMILES string of the molecule is O=S(=O)(N[C@@H]1CCN(Cc2cccc(OCCO)c2)C1)c1ccc(Cl)c(Cl)c1. The summed E-state index contributed by atoms with van der Waals surface area (Å²) in [4.78, 5) is 2.29. The van der Waals surface area contributed by atoms with Crippen LogP contribution in [-0.4, -0.2) is 50.8 Å². The van der Waals surface area contributed by atoms with Crippen LogP contribution in [0.15, 0.2) is 47.4 Å². The highest BCUT2D eigenvalue weighted by Crippen LogP contribution is 2.25. The molecule has 0 aliphatic carbocycles. The van der Waals surface area contributed by atoms with Crippen LogP contribution in [0.3, 0.4) is 0 Å². The van der Waals surface area contributed by atoms with Crippen LogP contribution < -0.4 is 9.46 Å². The first-order valence-corrected chi connectivity index (χ1v) is 11.1. The molecule has 0 spiro atoms. The summed E-state index contributed by atoms with van der Waals surface area (Å²) in [7, 11) is -3.66. The fourth-order valence-corrected chi connectivity index (χ4v) is 4.81. The van der Waals surface area contributed by atoms with E-state index in [0.717, 1.165) is 18.5 Å². The number of ether oxygens (including phenoxy) is 1. The zero-order valence-electron chi connectivity index (χ0n) is 15.1. The fraction of sp³-hybridized carbons (Fsp3) is 0.368. The first kappa shape index (κ1) is 21.4. The Morgan fingerprint density at radius 1 is 1.18 bits per heavy atom. The molecule has 28 heavy (non-hydrogen) atoms. The molecule has 0 bridgehead atoms. The smallest absolute Gasteiger partial charge is 0.240 e. The number of aliphatic hydroxyl groups is 1. The molecular weight excluding hydrogens is 423 g/mol. The first-order chi connectivity index (χ1) is 13.4. The van der Waals surface area contributed by atoms with Crippen molar-refractivity contribution in [1.82, 2.24) is 9.62 Å². The number of hydrogen-bond donors (Lipinski definition) is 2. The summed E-state index contributed by atoms with van der Waals surface area (Å²) in [5.41, 5.74) is 1.07.